The molecule has 1 saturated heterocycles. The van der Waals surface area contributed by atoms with Crippen LogP contribution in [0.25, 0.3) is 0 Å². The van der Waals surface area contributed by atoms with Crippen LogP contribution >= 0.6 is 0 Å². The van der Waals surface area contributed by atoms with Gasteiger partial charge in [0.05, 0.1) is 12.5 Å². The average molecular weight is 431 g/mol. The van der Waals surface area contributed by atoms with Gasteiger partial charge in [-0.25, -0.2) is 0 Å². The zero-order chi connectivity index (χ0) is 22.3. The summed E-state index contributed by atoms with van der Waals surface area (Å²) in [7, 11) is 0. The Morgan fingerprint density at radius 3 is 2.68 bits per heavy atom. The van der Waals surface area contributed by atoms with Crippen molar-refractivity contribution in [3.8, 4) is 0 Å². The Labute approximate surface area is 186 Å². The Hall–Kier alpha value is -2.11. The fourth-order valence-electron chi connectivity index (χ4n) is 5.59. The number of carbonyl (C=O) groups is 3. The average Bonchev–Trinajstić information content (AvgIpc) is 2.96. The smallest absolute Gasteiger partial charge is 0.318 e. The molecule has 1 heterocycles. The Bertz CT molecular complexity index is 710. The quantitative estimate of drug-likeness (QED) is 0.464. The van der Waals surface area contributed by atoms with Crippen LogP contribution < -0.4 is 5.32 Å². The number of likely N-dealkylation sites (tertiary alicyclic amines) is 1. The summed E-state index contributed by atoms with van der Waals surface area (Å²) in [4.78, 5) is 41.4. The number of amides is 2. The molecule has 3 rings (SSSR count). The van der Waals surface area contributed by atoms with E-state index >= 15 is 0 Å². The molecule has 0 aromatic rings. The van der Waals surface area contributed by atoms with E-state index in [1.165, 1.54) is 19.3 Å². The molecule has 2 aliphatic carbocycles. The molecule has 172 valence electrons. The predicted octanol–water partition coefficient (Wildman–Crippen LogP) is 4.11. The van der Waals surface area contributed by atoms with Crippen molar-refractivity contribution in [1.82, 2.24) is 10.2 Å². The topological polar surface area (TPSA) is 75.7 Å². The normalized spacial score (nSPS) is 28.7. The van der Waals surface area contributed by atoms with Gasteiger partial charge in [-0.2, -0.15) is 0 Å². The molecule has 2 atom stereocenters. The van der Waals surface area contributed by atoms with Gasteiger partial charge >= 0.3 is 5.97 Å². The number of rotatable bonds is 8. The molecule has 0 aromatic heterocycles. The minimum absolute atomic E-state index is 0.0232. The van der Waals surface area contributed by atoms with Crippen LogP contribution in [0.1, 0.15) is 77.6 Å². The van der Waals surface area contributed by atoms with Crippen LogP contribution in [0.2, 0.25) is 0 Å². The molecule has 0 aromatic carbocycles. The number of allylic oxidation sites excluding steroid dienone is 1. The molecule has 1 saturated carbocycles. The molecule has 31 heavy (non-hydrogen) atoms. The number of hydrogen-bond donors (Lipinski definition) is 1. The van der Waals surface area contributed by atoms with E-state index in [2.05, 4.69) is 11.9 Å². The molecule has 6 heteroatoms. The van der Waals surface area contributed by atoms with Crippen molar-refractivity contribution in [2.75, 3.05) is 19.7 Å². The summed E-state index contributed by atoms with van der Waals surface area (Å²) >= 11 is 0. The van der Waals surface area contributed by atoms with Crippen molar-refractivity contribution in [2.24, 2.45) is 17.3 Å². The van der Waals surface area contributed by atoms with Crippen molar-refractivity contribution < 1.29 is 19.1 Å². The third-order valence-electron chi connectivity index (χ3n) is 7.17. The van der Waals surface area contributed by atoms with Gasteiger partial charge in [0.1, 0.15) is 5.41 Å². The Balaban J connectivity index is 1.86. The van der Waals surface area contributed by atoms with E-state index in [0.717, 1.165) is 44.2 Å². The maximum Gasteiger partial charge on any atom is 0.318 e. The van der Waals surface area contributed by atoms with Crippen molar-refractivity contribution in [1.29, 1.82) is 0 Å². The Kier molecular flexibility index (Phi) is 8.33. The molecule has 0 radical (unpaired) electrons. The fourth-order valence-corrected chi connectivity index (χ4v) is 5.59. The van der Waals surface area contributed by atoms with Gasteiger partial charge in [-0.3, -0.25) is 14.4 Å². The summed E-state index contributed by atoms with van der Waals surface area (Å²) < 4.78 is 5.51. The molecule has 2 amide bonds. The van der Waals surface area contributed by atoms with E-state index in [-0.39, 0.29) is 30.8 Å². The molecule has 0 bridgehead atoms. The van der Waals surface area contributed by atoms with Gasteiger partial charge in [0.25, 0.3) is 0 Å². The molecule has 1 N–H and O–H groups in total. The van der Waals surface area contributed by atoms with E-state index in [4.69, 9.17) is 4.74 Å². The second-order valence-corrected chi connectivity index (χ2v) is 9.18. The predicted molar refractivity (Wildman–Crippen MR) is 120 cm³/mol. The summed E-state index contributed by atoms with van der Waals surface area (Å²) in [6.07, 6.45) is 14.0. The highest BCUT2D eigenvalue weighted by molar-refractivity contribution is 5.98. The highest BCUT2D eigenvalue weighted by Crippen LogP contribution is 2.52. The number of esters is 1. The first-order valence-corrected chi connectivity index (χ1v) is 12.1. The maximum absolute atomic E-state index is 13.5. The van der Waals surface area contributed by atoms with Gasteiger partial charge in [0, 0.05) is 25.2 Å². The molecule has 0 unspecified atom stereocenters. The van der Waals surface area contributed by atoms with Crippen molar-refractivity contribution in [3.05, 3.63) is 24.4 Å². The number of fused-ring (bicyclic) bond motifs is 1. The number of hydrogen-bond acceptors (Lipinski definition) is 4. The van der Waals surface area contributed by atoms with Crippen LogP contribution in [0, 0.1) is 17.3 Å². The van der Waals surface area contributed by atoms with E-state index in [1.54, 1.807) is 17.9 Å². The maximum atomic E-state index is 13.5. The number of ether oxygens (including phenoxy) is 1. The van der Waals surface area contributed by atoms with Crippen LogP contribution in [-0.2, 0) is 19.1 Å². The monoisotopic (exact) mass is 430 g/mol. The summed E-state index contributed by atoms with van der Waals surface area (Å²) in [5.41, 5.74) is -0.348. The standard InChI is InChI=1S/C25H38N2O4/c1-3-16-27-21-14-10-5-6-11-15-25(21,24(30)31-4-2)20(23(27)29)17-22(28)26-18-19-12-8-7-9-13-19/h3,14,19-20H,1,4-13,15-18H2,2H3,(H,26,28)/b21-14+/t20-,25-/m1/s1. The van der Waals surface area contributed by atoms with Crippen LogP contribution in [0.4, 0.5) is 0 Å². The van der Waals surface area contributed by atoms with Gasteiger partial charge in [0.2, 0.25) is 11.8 Å². The zero-order valence-electron chi connectivity index (χ0n) is 19.0. The summed E-state index contributed by atoms with van der Waals surface area (Å²) in [6, 6.07) is 0. The number of carbonyl (C=O) groups excluding carboxylic acids is 3. The molecule has 2 fully saturated rings. The van der Waals surface area contributed by atoms with E-state index in [0.29, 0.717) is 25.4 Å². The van der Waals surface area contributed by atoms with Crippen molar-refractivity contribution in [2.45, 2.75) is 77.6 Å². The van der Waals surface area contributed by atoms with Gasteiger partial charge in [-0.1, -0.05) is 44.3 Å². The highest BCUT2D eigenvalue weighted by Gasteiger charge is 2.61. The SMILES string of the molecule is C=CCN1C(=O)[C@@H](CC(=O)NCC2CCCCC2)[C@]2(C(=O)OCC)CCCCC/C=C/12. The van der Waals surface area contributed by atoms with Crippen LogP contribution in [0.5, 0.6) is 0 Å². The van der Waals surface area contributed by atoms with Gasteiger partial charge in [-0.15, -0.1) is 6.58 Å². The second kappa shape index (κ2) is 11.0. The number of nitrogens with zero attached hydrogens (tertiary/aromatic N) is 1. The van der Waals surface area contributed by atoms with Crippen LogP contribution in [0.15, 0.2) is 24.4 Å². The first-order chi connectivity index (χ1) is 15.0. The molecular weight excluding hydrogens is 392 g/mol. The minimum atomic E-state index is -1.07. The molecule has 1 aliphatic heterocycles. The third-order valence-corrected chi connectivity index (χ3v) is 7.17. The Morgan fingerprint density at radius 1 is 1.23 bits per heavy atom. The van der Waals surface area contributed by atoms with E-state index in [9.17, 15) is 14.4 Å². The highest BCUT2D eigenvalue weighted by atomic mass is 16.5. The second-order valence-electron chi connectivity index (χ2n) is 9.18. The summed E-state index contributed by atoms with van der Waals surface area (Å²) in [5, 5.41) is 3.06. The molecule has 3 aliphatic rings. The summed E-state index contributed by atoms with van der Waals surface area (Å²) in [6.45, 7) is 6.83. The first-order valence-electron chi connectivity index (χ1n) is 12.1. The fraction of sp³-hybridized carbons (Fsp3) is 0.720. The summed E-state index contributed by atoms with van der Waals surface area (Å²) in [5.74, 6) is -0.871. The Morgan fingerprint density at radius 2 is 1.97 bits per heavy atom. The minimum Gasteiger partial charge on any atom is -0.465 e. The lowest BCUT2D eigenvalue weighted by Crippen LogP contribution is -2.43. The van der Waals surface area contributed by atoms with Gasteiger partial charge in [0.15, 0.2) is 0 Å². The lowest BCUT2D eigenvalue weighted by molar-refractivity contribution is -0.158. The van der Waals surface area contributed by atoms with Crippen LogP contribution in [0.3, 0.4) is 0 Å². The number of nitrogens with one attached hydrogen (secondary N) is 1. The van der Waals surface area contributed by atoms with Gasteiger partial charge < -0.3 is 15.0 Å². The van der Waals surface area contributed by atoms with Gasteiger partial charge in [-0.05, 0) is 44.9 Å². The van der Waals surface area contributed by atoms with E-state index in [1.807, 2.05) is 6.08 Å². The lowest BCUT2D eigenvalue weighted by Gasteiger charge is -2.34. The first kappa shape index (κ1) is 23.6. The molecular formula is C25H38N2O4. The third kappa shape index (κ3) is 5.04. The van der Waals surface area contributed by atoms with Crippen molar-refractivity contribution >= 4 is 17.8 Å². The van der Waals surface area contributed by atoms with E-state index < -0.39 is 11.3 Å². The van der Waals surface area contributed by atoms with Crippen LogP contribution in [-0.4, -0.2) is 42.4 Å². The molecule has 6 nitrogen and oxygen atoms in total. The van der Waals surface area contributed by atoms with Crippen molar-refractivity contribution in [3.63, 3.8) is 0 Å². The lowest BCUT2D eigenvalue weighted by atomic mass is 9.69. The largest absolute Gasteiger partial charge is 0.465 e. The molecule has 0 spiro atoms. The zero-order valence-corrected chi connectivity index (χ0v) is 19.0.